The second-order valence-electron chi connectivity index (χ2n) is 3.91. The van der Waals surface area contributed by atoms with Crippen molar-refractivity contribution < 1.29 is 9.15 Å². The van der Waals surface area contributed by atoms with Crippen LogP contribution in [0.3, 0.4) is 0 Å². The molecule has 1 aromatic carbocycles. The molecule has 0 amide bonds. The van der Waals surface area contributed by atoms with Gasteiger partial charge in [0.1, 0.15) is 5.75 Å². The maximum atomic E-state index is 5.56. The number of fused-ring (bicyclic) bond motifs is 1. The van der Waals surface area contributed by atoms with Gasteiger partial charge in [-0.25, -0.2) is 4.98 Å². The van der Waals surface area contributed by atoms with Crippen molar-refractivity contribution in [2.24, 2.45) is 5.73 Å². The van der Waals surface area contributed by atoms with Crippen molar-refractivity contribution in [1.29, 1.82) is 0 Å². The van der Waals surface area contributed by atoms with Gasteiger partial charge >= 0.3 is 0 Å². The molecule has 0 aliphatic carbocycles. The van der Waals surface area contributed by atoms with Crippen LogP contribution in [0.1, 0.15) is 5.89 Å². The van der Waals surface area contributed by atoms with Gasteiger partial charge in [0.2, 0.25) is 5.89 Å². The first-order valence-corrected chi connectivity index (χ1v) is 5.62. The molecule has 0 unspecified atom stereocenters. The molecule has 2 heterocycles. The van der Waals surface area contributed by atoms with Crippen LogP contribution in [0.4, 0.5) is 0 Å². The van der Waals surface area contributed by atoms with Crippen LogP contribution in [0.5, 0.6) is 5.75 Å². The van der Waals surface area contributed by atoms with E-state index in [1.54, 1.807) is 13.3 Å². The Morgan fingerprint density at radius 1 is 1.44 bits per heavy atom. The van der Waals surface area contributed by atoms with Crippen molar-refractivity contribution in [3.8, 4) is 17.1 Å². The fourth-order valence-electron chi connectivity index (χ4n) is 2.03. The Balaban J connectivity index is 2.18. The van der Waals surface area contributed by atoms with Gasteiger partial charge in [-0.05, 0) is 6.07 Å². The van der Waals surface area contributed by atoms with Crippen molar-refractivity contribution in [3.05, 3.63) is 36.5 Å². The number of hydrogen-bond acceptors (Lipinski definition) is 4. The molecule has 3 aromatic rings. The van der Waals surface area contributed by atoms with Crippen molar-refractivity contribution in [2.45, 2.75) is 6.54 Å². The van der Waals surface area contributed by atoms with E-state index in [0.29, 0.717) is 18.2 Å². The van der Waals surface area contributed by atoms with Crippen LogP contribution in [-0.4, -0.2) is 17.1 Å². The van der Waals surface area contributed by atoms with E-state index in [-0.39, 0.29) is 0 Å². The zero-order chi connectivity index (χ0) is 12.5. The number of hydrogen-bond donors (Lipinski definition) is 2. The molecule has 3 rings (SSSR count). The number of aromatic nitrogens is 2. The molecule has 2 aromatic heterocycles. The van der Waals surface area contributed by atoms with Crippen LogP contribution in [0, 0.1) is 0 Å². The van der Waals surface area contributed by atoms with Crippen LogP contribution >= 0.6 is 0 Å². The van der Waals surface area contributed by atoms with E-state index in [0.717, 1.165) is 22.2 Å². The van der Waals surface area contributed by atoms with Crippen molar-refractivity contribution in [3.63, 3.8) is 0 Å². The number of ether oxygens (including phenoxy) is 1. The highest BCUT2D eigenvalue weighted by atomic mass is 16.5. The lowest BCUT2D eigenvalue weighted by Crippen LogP contribution is -1.94. The maximum Gasteiger partial charge on any atom is 0.208 e. The van der Waals surface area contributed by atoms with Gasteiger partial charge in [-0.1, -0.05) is 12.1 Å². The predicted octanol–water partition coefficient (Wildman–Crippen LogP) is 2.29. The summed E-state index contributed by atoms with van der Waals surface area (Å²) in [5.41, 5.74) is 7.39. The summed E-state index contributed by atoms with van der Waals surface area (Å²) in [5.74, 6) is 2.04. The lowest BCUT2D eigenvalue weighted by Gasteiger charge is -2.00. The quantitative estimate of drug-likeness (QED) is 0.739. The average Bonchev–Trinajstić information content (AvgIpc) is 3.03. The van der Waals surface area contributed by atoms with Gasteiger partial charge in [0.25, 0.3) is 0 Å². The Hall–Kier alpha value is -2.27. The number of aromatic amines is 1. The molecular formula is C13H13N3O2. The molecule has 5 nitrogen and oxygen atoms in total. The average molecular weight is 243 g/mol. The minimum Gasteiger partial charge on any atom is -0.495 e. The Kier molecular flexibility index (Phi) is 2.53. The van der Waals surface area contributed by atoms with E-state index in [1.807, 2.05) is 24.4 Å². The Bertz CT molecular complexity index is 684. The molecule has 18 heavy (non-hydrogen) atoms. The van der Waals surface area contributed by atoms with Crippen LogP contribution < -0.4 is 10.5 Å². The number of para-hydroxylation sites is 1. The molecule has 0 radical (unpaired) electrons. The van der Waals surface area contributed by atoms with E-state index in [4.69, 9.17) is 14.9 Å². The summed E-state index contributed by atoms with van der Waals surface area (Å²) >= 11 is 0. The normalized spacial score (nSPS) is 11.0. The Morgan fingerprint density at radius 2 is 2.33 bits per heavy atom. The summed E-state index contributed by atoms with van der Waals surface area (Å²) in [6.07, 6.45) is 3.57. The number of methoxy groups -OCH3 is 1. The van der Waals surface area contributed by atoms with Crippen LogP contribution in [0.25, 0.3) is 22.2 Å². The van der Waals surface area contributed by atoms with Crippen LogP contribution in [0.2, 0.25) is 0 Å². The summed E-state index contributed by atoms with van der Waals surface area (Å²) in [5, 5.41) is 1.04. The smallest absolute Gasteiger partial charge is 0.208 e. The first kappa shape index (κ1) is 10.9. The molecule has 0 aliphatic rings. The molecule has 0 aliphatic heterocycles. The molecular weight excluding hydrogens is 230 g/mol. The number of H-pyrrole nitrogens is 1. The molecule has 5 heteroatoms. The summed E-state index contributed by atoms with van der Waals surface area (Å²) in [7, 11) is 1.65. The highest BCUT2D eigenvalue weighted by molar-refractivity contribution is 5.97. The second kappa shape index (κ2) is 4.19. The highest BCUT2D eigenvalue weighted by Crippen LogP contribution is 2.33. The summed E-state index contributed by atoms with van der Waals surface area (Å²) < 4.78 is 10.9. The third-order valence-electron chi connectivity index (χ3n) is 2.89. The summed E-state index contributed by atoms with van der Waals surface area (Å²) in [6.45, 7) is 0.297. The van der Waals surface area contributed by atoms with Gasteiger partial charge in [-0.2, -0.15) is 0 Å². The molecule has 0 saturated carbocycles. The number of nitrogens with one attached hydrogen (secondary N) is 1. The van der Waals surface area contributed by atoms with Crippen LogP contribution in [0.15, 0.2) is 35.0 Å². The summed E-state index contributed by atoms with van der Waals surface area (Å²) in [6, 6.07) is 5.86. The lowest BCUT2D eigenvalue weighted by atomic mass is 10.1. The van der Waals surface area contributed by atoms with E-state index in [2.05, 4.69) is 9.97 Å². The van der Waals surface area contributed by atoms with Gasteiger partial charge in [0.15, 0.2) is 5.76 Å². The van der Waals surface area contributed by atoms with Gasteiger partial charge < -0.3 is 19.9 Å². The number of benzene rings is 1. The van der Waals surface area contributed by atoms with E-state index >= 15 is 0 Å². The Labute approximate surface area is 104 Å². The van der Waals surface area contributed by atoms with Crippen molar-refractivity contribution in [2.75, 3.05) is 7.11 Å². The monoisotopic (exact) mass is 243 g/mol. The SMILES string of the molecule is COc1cccc2c(-c3cnc(CN)o3)c[nH]c12. The standard InChI is InChI=1S/C13H13N3O2/c1-17-10-4-2-3-8-9(6-16-13(8)10)11-7-15-12(5-14)18-11/h2-4,6-7,16H,5,14H2,1H3. The fourth-order valence-corrected chi connectivity index (χ4v) is 2.03. The highest BCUT2D eigenvalue weighted by Gasteiger charge is 2.12. The first-order chi connectivity index (χ1) is 8.83. The molecule has 0 atom stereocenters. The molecule has 0 spiro atoms. The molecule has 92 valence electrons. The summed E-state index contributed by atoms with van der Waals surface area (Å²) in [4.78, 5) is 7.29. The lowest BCUT2D eigenvalue weighted by molar-refractivity contribution is 0.419. The second-order valence-corrected chi connectivity index (χ2v) is 3.91. The fraction of sp³-hybridized carbons (Fsp3) is 0.154. The molecule has 0 bridgehead atoms. The van der Waals surface area contributed by atoms with Gasteiger partial charge in [0, 0.05) is 17.1 Å². The minimum absolute atomic E-state index is 0.297. The third kappa shape index (κ3) is 1.56. The zero-order valence-corrected chi connectivity index (χ0v) is 9.93. The predicted molar refractivity (Wildman–Crippen MR) is 68.2 cm³/mol. The minimum atomic E-state index is 0.297. The largest absolute Gasteiger partial charge is 0.495 e. The molecule has 0 saturated heterocycles. The molecule has 0 fully saturated rings. The van der Waals surface area contributed by atoms with Gasteiger partial charge in [0.05, 0.1) is 25.4 Å². The number of oxazole rings is 1. The number of rotatable bonds is 3. The van der Waals surface area contributed by atoms with E-state index in [9.17, 15) is 0 Å². The topological polar surface area (TPSA) is 77.1 Å². The Morgan fingerprint density at radius 3 is 3.06 bits per heavy atom. The van der Waals surface area contributed by atoms with E-state index < -0.39 is 0 Å². The van der Waals surface area contributed by atoms with Crippen LogP contribution in [-0.2, 0) is 6.54 Å². The zero-order valence-electron chi connectivity index (χ0n) is 9.93. The number of nitrogens with two attached hydrogens (primary N) is 1. The van der Waals surface area contributed by atoms with Gasteiger partial charge in [-0.3, -0.25) is 0 Å². The van der Waals surface area contributed by atoms with E-state index in [1.165, 1.54) is 0 Å². The number of nitrogens with zero attached hydrogens (tertiary/aromatic N) is 1. The van der Waals surface area contributed by atoms with Crippen molar-refractivity contribution in [1.82, 2.24) is 9.97 Å². The molecule has 3 N–H and O–H groups in total. The van der Waals surface area contributed by atoms with Gasteiger partial charge in [-0.15, -0.1) is 0 Å². The van der Waals surface area contributed by atoms with Crippen molar-refractivity contribution >= 4 is 10.9 Å². The third-order valence-corrected chi connectivity index (χ3v) is 2.89. The first-order valence-electron chi connectivity index (χ1n) is 5.62. The maximum absolute atomic E-state index is 5.56.